The predicted molar refractivity (Wildman–Crippen MR) is 75.0 cm³/mol. The van der Waals surface area contributed by atoms with E-state index in [1.54, 1.807) is 13.2 Å². The van der Waals surface area contributed by atoms with Gasteiger partial charge in [-0.2, -0.15) is 0 Å². The second-order valence-electron chi connectivity index (χ2n) is 3.99. The topological polar surface area (TPSA) is 36.9 Å². The first-order valence-corrected chi connectivity index (χ1v) is 6.92. The molecule has 4 nitrogen and oxygen atoms in total. The molecule has 1 rings (SSSR count). The number of alkyl halides is 1. The minimum absolute atomic E-state index is 0.253. The van der Waals surface area contributed by atoms with Crippen LogP contribution in [0.2, 0.25) is 0 Å². The van der Waals surface area contributed by atoms with Gasteiger partial charge in [-0.1, -0.05) is 0 Å². The van der Waals surface area contributed by atoms with Crippen LogP contribution in [0.25, 0.3) is 0 Å². The number of hydrogen-bond donors (Lipinski definition) is 0. The second kappa shape index (κ2) is 10.9. The maximum absolute atomic E-state index is 13.2. The van der Waals surface area contributed by atoms with E-state index in [-0.39, 0.29) is 11.7 Å². The highest BCUT2D eigenvalue weighted by molar-refractivity contribution is 6.17. The molecule has 0 aliphatic carbocycles. The van der Waals surface area contributed by atoms with Crippen molar-refractivity contribution in [1.82, 2.24) is 0 Å². The van der Waals surface area contributed by atoms with Crippen LogP contribution >= 0.6 is 11.6 Å². The lowest BCUT2D eigenvalue weighted by atomic mass is 10.2. The third-order valence-corrected chi connectivity index (χ3v) is 2.69. The molecule has 6 heteroatoms. The Bertz CT molecular complexity index is 376. The number of methoxy groups -OCH3 is 1. The summed E-state index contributed by atoms with van der Waals surface area (Å²) < 4.78 is 34.0. The molecule has 0 atom stereocenters. The van der Waals surface area contributed by atoms with Crippen LogP contribution in [-0.2, 0) is 20.1 Å². The molecule has 0 amide bonds. The van der Waals surface area contributed by atoms with Crippen molar-refractivity contribution < 1.29 is 23.3 Å². The number of benzene rings is 1. The second-order valence-corrected chi connectivity index (χ2v) is 4.26. The Morgan fingerprint density at radius 3 is 2.25 bits per heavy atom. The Kier molecular flexibility index (Phi) is 9.32. The largest absolute Gasteiger partial charge is 0.491 e. The standard InChI is InChI=1S/C14H20ClFO4/c1-17-2-3-18-4-5-19-6-7-20-14-9-12(11-15)8-13(16)10-14/h8-10H,2-7,11H2,1H3. The molecule has 0 heterocycles. The molecular weight excluding hydrogens is 287 g/mol. The number of rotatable bonds is 11. The fraction of sp³-hybridized carbons (Fsp3) is 0.571. The fourth-order valence-corrected chi connectivity index (χ4v) is 1.62. The molecule has 0 fully saturated rings. The molecule has 20 heavy (non-hydrogen) atoms. The zero-order valence-electron chi connectivity index (χ0n) is 11.6. The number of ether oxygens (including phenoxy) is 4. The molecule has 0 saturated heterocycles. The molecule has 0 bridgehead atoms. The lowest BCUT2D eigenvalue weighted by Crippen LogP contribution is -2.12. The molecular formula is C14H20ClFO4. The lowest BCUT2D eigenvalue weighted by Gasteiger charge is -2.09. The van der Waals surface area contributed by atoms with Gasteiger partial charge in [-0.25, -0.2) is 4.39 Å². The summed E-state index contributed by atoms with van der Waals surface area (Å²) in [6.07, 6.45) is 0. The molecule has 0 N–H and O–H groups in total. The van der Waals surface area contributed by atoms with Crippen LogP contribution in [0, 0.1) is 5.82 Å². The van der Waals surface area contributed by atoms with Gasteiger partial charge < -0.3 is 18.9 Å². The highest BCUT2D eigenvalue weighted by atomic mass is 35.5. The summed E-state index contributed by atoms with van der Waals surface area (Å²) in [5.74, 6) is 0.356. The van der Waals surface area contributed by atoms with E-state index in [0.29, 0.717) is 51.0 Å². The van der Waals surface area contributed by atoms with Gasteiger partial charge in [0.25, 0.3) is 0 Å². The molecule has 0 aromatic heterocycles. The van der Waals surface area contributed by atoms with Gasteiger partial charge >= 0.3 is 0 Å². The first kappa shape index (κ1) is 17.2. The van der Waals surface area contributed by atoms with Crippen LogP contribution in [0.4, 0.5) is 4.39 Å². The van der Waals surface area contributed by atoms with Crippen molar-refractivity contribution in [3.8, 4) is 5.75 Å². The number of hydrogen-bond acceptors (Lipinski definition) is 4. The van der Waals surface area contributed by atoms with Gasteiger partial charge in [-0.05, 0) is 17.7 Å². The van der Waals surface area contributed by atoms with Gasteiger partial charge in [0.2, 0.25) is 0 Å². The Hall–Kier alpha value is -0.880. The average Bonchev–Trinajstić information content (AvgIpc) is 2.45. The summed E-state index contributed by atoms with van der Waals surface area (Å²) in [6, 6.07) is 4.42. The first-order valence-electron chi connectivity index (χ1n) is 6.39. The summed E-state index contributed by atoms with van der Waals surface area (Å²) in [5, 5.41) is 0. The van der Waals surface area contributed by atoms with Crippen molar-refractivity contribution in [3.63, 3.8) is 0 Å². The average molecular weight is 307 g/mol. The van der Waals surface area contributed by atoms with Gasteiger partial charge in [-0.15, -0.1) is 11.6 Å². The molecule has 1 aromatic carbocycles. The van der Waals surface area contributed by atoms with Crippen LogP contribution in [-0.4, -0.2) is 46.8 Å². The minimum atomic E-state index is -0.356. The van der Waals surface area contributed by atoms with Gasteiger partial charge in [0.1, 0.15) is 18.2 Å². The maximum atomic E-state index is 13.2. The third kappa shape index (κ3) is 7.65. The molecule has 0 saturated carbocycles. The van der Waals surface area contributed by atoms with Crippen molar-refractivity contribution in [2.75, 3.05) is 46.8 Å². The van der Waals surface area contributed by atoms with Crippen molar-refractivity contribution in [2.45, 2.75) is 5.88 Å². The predicted octanol–water partition coefficient (Wildman–Crippen LogP) is 2.62. The highest BCUT2D eigenvalue weighted by Gasteiger charge is 2.01. The van der Waals surface area contributed by atoms with Gasteiger partial charge in [0, 0.05) is 19.1 Å². The zero-order chi connectivity index (χ0) is 14.6. The van der Waals surface area contributed by atoms with Gasteiger partial charge in [0.05, 0.1) is 33.0 Å². The van der Waals surface area contributed by atoms with E-state index >= 15 is 0 Å². The zero-order valence-corrected chi connectivity index (χ0v) is 12.3. The van der Waals surface area contributed by atoms with Crippen LogP contribution in [0.5, 0.6) is 5.75 Å². The minimum Gasteiger partial charge on any atom is -0.491 e. The molecule has 1 aromatic rings. The van der Waals surface area contributed by atoms with E-state index in [2.05, 4.69) is 0 Å². The molecule has 0 aliphatic heterocycles. The van der Waals surface area contributed by atoms with E-state index in [9.17, 15) is 4.39 Å². The van der Waals surface area contributed by atoms with Crippen molar-refractivity contribution in [1.29, 1.82) is 0 Å². The lowest BCUT2D eigenvalue weighted by molar-refractivity contribution is 0.0179. The SMILES string of the molecule is COCCOCCOCCOc1cc(F)cc(CCl)c1. The first-order chi connectivity index (χ1) is 9.76. The molecule has 114 valence electrons. The summed E-state index contributed by atoms with van der Waals surface area (Å²) >= 11 is 5.66. The van der Waals surface area contributed by atoms with E-state index in [4.69, 9.17) is 30.5 Å². The molecule has 0 radical (unpaired) electrons. The van der Waals surface area contributed by atoms with E-state index in [1.807, 2.05) is 0 Å². The Labute approximate surface area is 123 Å². The molecule has 0 unspecified atom stereocenters. The number of halogens is 2. The fourth-order valence-electron chi connectivity index (χ4n) is 1.46. The summed E-state index contributed by atoms with van der Waals surface area (Å²) in [7, 11) is 1.62. The van der Waals surface area contributed by atoms with Crippen LogP contribution in [0.1, 0.15) is 5.56 Å². The van der Waals surface area contributed by atoms with Crippen molar-refractivity contribution >= 4 is 11.6 Å². The summed E-state index contributed by atoms with van der Waals surface area (Å²) in [6.45, 7) is 2.90. The summed E-state index contributed by atoms with van der Waals surface area (Å²) in [4.78, 5) is 0. The Balaban J connectivity index is 2.08. The molecule has 0 spiro atoms. The van der Waals surface area contributed by atoms with Gasteiger partial charge in [-0.3, -0.25) is 0 Å². The molecule has 0 aliphatic rings. The van der Waals surface area contributed by atoms with Crippen LogP contribution < -0.4 is 4.74 Å². The van der Waals surface area contributed by atoms with Crippen molar-refractivity contribution in [3.05, 3.63) is 29.6 Å². The normalized spacial score (nSPS) is 10.8. The maximum Gasteiger partial charge on any atom is 0.127 e. The highest BCUT2D eigenvalue weighted by Crippen LogP contribution is 2.17. The monoisotopic (exact) mass is 306 g/mol. The van der Waals surface area contributed by atoms with E-state index in [1.165, 1.54) is 12.1 Å². The summed E-state index contributed by atoms with van der Waals surface area (Å²) in [5.41, 5.74) is 0.689. The van der Waals surface area contributed by atoms with Crippen LogP contribution in [0.3, 0.4) is 0 Å². The quantitative estimate of drug-likeness (QED) is 0.465. The van der Waals surface area contributed by atoms with E-state index in [0.717, 1.165) is 0 Å². The van der Waals surface area contributed by atoms with E-state index < -0.39 is 0 Å². The smallest absolute Gasteiger partial charge is 0.127 e. The Morgan fingerprint density at radius 2 is 1.60 bits per heavy atom. The van der Waals surface area contributed by atoms with Crippen molar-refractivity contribution in [2.24, 2.45) is 0 Å². The van der Waals surface area contributed by atoms with Crippen LogP contribution in [0.15, 0.2) is 18.2 Å². The third-order valence-electron chi connectivity index (χ3n) is 2.39. The Morgan fingerprint density at radius 1 is 0.950 bits per heavy atom. The van der Waals surface area contributed by atoms with Gasteiger partial charge in [0.15, 0.2) is 0 Å².